The summed E-state index contributed by atoms with van der Waals surface area (Å²) < 4.78 is 46.5. The summed E-state index contributed by atoms with van der Waals surface area (Å²) in [6.07, 6.45) is 4.80. The zero-order valence-electron chi connectivity index (χ0n) is 25.7. The molecule has 0 aliphatic heterocycles. The summed E-state index contributed by atoms with van der Waals surface area (Å²) >= 11 is 0. The summed E-state index contributed by atoms with van der Waals surface area (Å²) in [5, 5.41) is 18.0. The summed E-state index contributed by atoms with van der Waals surface area (Å²) in [7, 11) is 0. The van der Waals surface area contributed by atoms with Crippen LogP contribution < -0.4 is 9.47 Å². The molecule has 2 aromatic rings. The summed E-state index contributed by atoms with van der Waals surface area (Å²) in [5.41, 5.74) is 4.20. The van der Waals surface area contributed by atoms with Crippen molar-refractivity contribution in [2.24, 2.45) is 5.92 Å². The Balaban J connectivity index is 1.68. The van der Waals surface area contributed by atoms with Crippen LogP contribution in [0.2, 0.25) is 0 Å². The van der Waals surface area contributed by atoms with E-state index in [1.807, 2.05) is 12.1 Å². The Kier molecular flexibility index (Phi) is 14.2. The van der Waals surface area contributed by atoms with Crippen molar-refractivity contribution < 1.29 is 47.5 Å². The molecule has 0 atom stereocenters. The molecule has 0 unspecified atom stereocenters. The fourth-order valence-electron chi connectivity index (χ4n) is 5.33. The average Bonchev–Trinajstić information content (AvgIpc) is 3.04. The molecule has 0 bridgehead atoms. The van der Waals surface area contributed by atoms with Gasteiger partial charge in [-0.2, -0.15) is 8.78 Å². The maximum absolute atomic E-state index is 12.4. The van der Waals surface area contributed by atoms with E-state index in [2.05, 4.69) is 38.3 Å². The van der Waals surface area contributed by atoms with Crippen molar-refractivity contribution in [2.45, 2.75) is 51.4 Å². The van der Waals surface area contributed by atoms with Crippen LogP contribution in [0.4, 0.5) is 8.78 Å². The van der Waals surface area contributed by atoms with Crippen LogP contribution in [0.3, 0.4) is 0 Å². The topological polar surface area (TPSA) is 112 Å². The van der Waals surface area contributed by atoms with Crippen molar-refractivity contribution in [1.82, 2.24) is 0 Å². The molecule has 0 radical (unpaired) electrons. The summed E-state index contributed by atoms with van der Waals surface area (Å²) in [5.74, 6) is 0.265. The molecular weight excluding hydrogens is 586 g/mol. The Bertz CT molecular complexity index is 1360. The maximum atomic E-state index is 12.4. The molecule has 0 aromatic heterocycles. The molecule has 0 spiro atoms. The Labute approximate surface area is 263 Å². The second-order valence-corrected chi connectivity index (χ2v) is 11.0. The zero-order chi connectivity index (χ0) is 32.8. The van der Waals surface area contributed by atoms with Gasteiger partial charge in [-0.3, -0.25) is 0 Å². The molecule has 0 saturated heterocycles. The van der Waals surface area contributed by atoms with Crippen molar-refractivity contribution in [3.05, 3.63) is 84.0 Å². The second kappa shape index (κ2) is 18.1. The lowest BCUT2D eigenvalue weighted by Crippen LogP contribution is -2.16. The number of hydrogen-bond donors (Lipinski definition) is 2. The largest absolute Gasteiger partial charge is 0.486 e. The first-order chi connectivity index (χ1) is 21.6. The maximum Gasteiger partial charge on any atom is 0.335 e. The number of rotatable bonds is 17. The molecule has 45 heavy (non-hydrogen) atoms. The molecule has 1 aliphatic carbocycles. The minimum absolute atomic E-state index is 0.00914. The summed E-state index contributed by atoms with van der Waals surface area (Å²) in [6.45, 7) is 7.83. The molecule has 0 amide bonds. The smallest absolute Gasteiger partial charge is 0.335 e. The van der Waals surface area contributed by atoms with Crippen molar-refractivity contribution in [3.8, 4) is 22.6 Å². The van der Waals surface area contributed by atoms with Crippen LogP contribution in [0.15, 0.2) is 72.9 Å². The van der Waals surface area contributed by atoms with E-state index in [4.69, 9.17) is 29.2 Å². The minimum atomic E-state index is -1.60. The Morgan fingerprint density at radius 3 is 1.93 bits per heavy atom. The van der Waals surface area contributed by atoms with E-state index >= 15 is 0 Å². The van der Waals surface area contributed by atoms with Gasteiger partial charge < -0.3 is 29.2 Å². The molecule has 1 aliphatic rings. The molecular formula is C35H42F2O8. The van der Waals surface area contributed by atoms with E-state index in [1.54, 1.807) is 6.07 Å². The second-order valence-electron chi connectivity index (χ2n) is 11.0. The highest BCUT2D eigenvalue weighted by Crippen LogP contribution is 2.40. The monoisotopic (exact) mass is 628 g/mol. The van der Waals surface area contributed by atoms with E-state index in [0.29, 0.717) is 29.8 Å². The van der Waals surface area contributed by atoms with Gasteiger partial charge in [-0.1, -0.05) is 37.4 Å². The molecule has 0 heterocycles. The van der Waals surface area contributed by atoms with E-state index in [1.165, 1.54) is 11.1 Å². The predicted octanol–water partition coefficient (Wildman–Crippen LogP) is 6.44. The first kappa shape index (κ1) is 35.5. The normalized spacial score (nSPS) is 15.9. The van der Waals surface area contributed by atoms with Gasteiger partial charge in [-0.15, -0.1) is 0 Å². The van der Waals surface area contributed by atoms with Gasteiger partial charge in [0, 0.05) is 0 Å². The third-order valence-electron chi connectivity index (χ3n) is 7.81. The molecule has 3 rings (SSSR count). The highest BCUT2D eigenvalue weighted by atomic mass is 19.3. The fourth-order valence-corrected chi connectivity index (χ4v) is 5.33. The van der Waals surface area contributed by atoms with Gasteiger partial charge in [0.2, 0.25) is 0 Å². The standard InChI is InChI=1S/C35H42F2O8/c1-23-19-28(11-13-30(23)27-9-7-26(8-10-27)5-4-6-33(36)37)29-12-14-31(42-15-17-44-34(40)24(2)21-38)32(20-29)43-16-18-45-35(41)25(3)22-39/h6,11-14,19-20,26-27,38-39H,2-5,7-10,15-18,21-22H2,1H3. The predicted molar refractivity (Wildman–Crippen MR) is 166 cm³/mol. The fraction of sp³-hybridized carbons (Fsp3) is 0.429. The Morgan fingerprint density at radius 1 is 0.822 bits per heavy atom. The average molecular weight is 629 g/mol. The van der Waals surface area contributed by atoms with Gasteiger partial charge in [-0.05, 0) is 97.7 Å². The molecule has 2 aromatic carbocycles. The summed E-state index contributed by atoms with van der Waals surface area (Å²) in [6, 6.07) is 11.8. The Morgan fingerprint density at radius 2 is 1.38 bits per heavy atom. The van der Waals surface area contributed by atoms with Crippen molar-refractivity contribution in [3.63, 3.8) is 0 Å². The minimum Gasteiger partial charge on any atom is -0.486 e. The number of aliphatic hydroxyl groups is 2. The van der Waals surface area contributed by atoms with Crippen molar-refractivity contribution in [1.29, 1.82) is 0 Å². The van der Waals surface area contributed by atoms with Gasteiger partial charge in [0.25, 0.3) is 6.08 Å². The number of esters is 2. The van der Waals surface area contributed by atoms with Crippen LogP contribution >= 0.6 is 0 Å². The number of benzene rings is 2. The Hall–Kier alpha value is -4.02. The number of halogens is 2. The first-order valence-electron chi connectivity index (χ1n) is 15.1. The quantitative estimate of drug-likeness (QED) is 0.117. The molecule has 1 saturated carbocycles. The van der Waals surface area contributed by atoms with E-state index in [0.717, 1.165) is 49.3 Å². The van der Waals surface area contributed by atoms with Crippen molar-refractivity contribution >= 4 is 11.9 Å². The summed E-state index contributed by atoms with van der Waals surface area (Å²) in [4.78, 5) is 23.5. The van der Waals surface area contributed by atoms with Crippen LogP contribution in [0.1, 0.15) is 55.6 Å². The molecule has 2 N–H and O–H groups in total. The van der Waals surface area contributed by atoms with E-state index in [9.17, 15) is 18.4 Å². The van der Waals surface area contributed by atoms with Gasteiger partial charge in [0.05, 0.1) is 24.4 Å². The number of carbonyl (C=O) groups excluding carboxylic acids is 2. The van der Waals surface area contributed by atoms with Gasteiger partial charge in [-0.25, -0.2) is 9.59 Å². The number of carbonyl (C=O) groups is 2. The van der Waals surface area contributed by atoms with Gasteiger partial charge in [0.1, 0.15) is 26.4 Å². The lowest BCUT2D eigenvalue weighted by Gasteiger charge is -2.29. The number of aliphatic hydroxyl groups excluding tert-OH is 2. The lowest BCUT2D eigenvalue weighted by atomic mass is 9.76. The zero-order valence-corrected chi connectivity index (χ0v) is 25.7. The third-order valence-corrected chi connectivity index (χ3v) is 7.81. The third kappa shape index (κ3) is 11.1. The number of aryl methyl sites for hydroxylation is 1. The molecule has 244 valence electrons. The highest BCUT2D eigenvalue weighted by molar-refractivity contribution is 5.88. The van der Waals surface area contributed by atoms with Crippen molar-refractivity contribution in [2.75, 3.05) is 39.6 Å². The number of hydrogen-bond acceptors (Lipinski definition) is 8. The van der Waals surface area contributed by atoms with Gasteiger partial charge >= 0.3 is 11.9 Å². The lowest BCUT2D eigenvalue weighted by molar-refractivity contribution is -0.141. The van der Waals surface area contributed by atoms with Crippen LogP contribution in [-0.2, 0) is 19.1 Å². The first-order valence-corrected chi connectivity index (χ1v) is 15.1. The highest BCUT2D eigenvalue weighted by Gasteiger charge is 2.23. The molecule has 8 nitrogen and oxygen atoms in total. The van der Waals surface area contributed by atoms with Crippen LogP contribution in [0, 0.1) is 12.8 Å². The number of ether oxygens (including phenoxy) is 4. The van der Waals surface area contributed by atoms with Crippen LogP contribution in [-0.4, -0.2) is 61.8 Å². The van der Waals surface area contributed by atoms with E-state index < -0.39 is 31.2 Å². The SMILES string of the molecule is C=C(CO)C(=O)OCCOc1ccc(-c2ccc(C3CCC(CCC=C(F)F)CC3)c(C)c2)cc1OCCOC(=O)C(=C)CO. The van der Waals surface area contributed by atoms with Gasteiger partial charge in [0.15, 0.2) is 11.5 Å². The molecule has 10 heteroatoms. The van der Waals surface area contributed by atoms with Crippen LogP contribution in [0.5, 0.6) is 11.5 Å². The molecule has 1 fully saturated rings. The number of allylic oxidation sites excluding steroid dienone is 1. The van der Waals surface area contributed by atoms with Crippen LogP contribution in [0.25, 0.3) is 11.1 Å². The van der Waals surface area contributed by atoms with E-state index in [-0.39, 0.29) is 37.6 Å².